The summed E-state index contributed by atoms with van der Waals surface area (Å²) in [6, 6.07) is 5.25. The molecule has 7 heteroatoms. The van der Waals surface area contributed by atoms with Gasteiger partial charge in [-0.2, -0.15) is 0 Å². The molecule has 1 atom stereocenters. The van der Waals surface area contributed by atoms with Gasteiger partial charge < -0.3 is 10.1 Å². The van der Waals surface area contributed by atoms with E-state index in [2.05, 4.69) is 10.3 Å². The number of thiazole rings is 1. The summed E-state index contributed by atoms with van der Waals surface area (Å²) >= 11 is 1.20. The lowest BCUT2D eigenvalue weighted by molar-refractivity contribution is -0.120. The Kier molecular flexibility index (Phi) is 8.26. The third-order valence-electron chi connectivity index (χ3n) is 4.14. The van der Waals surface area contributed by atoms with E-state index in [0.29, 0.717) is 23.3 Å². The summed E-state index contributed by atoms with van der Waals surface area (Å²) in [6.45, 7) is 1.56. The highest BCUT2D eigenvalue weighted by Crippen LogP contribution is 2.13. The highest BCUT2D eigenvalue weighted by Gasteiger charge is 2.22. The molecular weight excluding hydrogens is 367 g/mol. The number of rotatable bonds is 11. The number of hydrogen-bond donors (Lipinski definition) is 1. The lowest BCUT2D eigenvalue weighted by Gasteiger charge is -2.17. The summed E-state index contributed by atoms with van der Waals surface area (Å²) in [5, 5.41) is 2.77. The smallest absolute Gasteiger partial charge is 0.263 e. The normalized spacial score (nSPS) is 11.8. The molecule has 2 rings (SSSR count). The minimum absolute atomic E-state index is 0.0544. The number of nitrogens with one attached hydrogen (secondary N) is 1. The third kappa shape index (κ3) is 7.38. The molecule has 0 radical (unpaired) electrons. The van der Waals surface area contributed by atoms with E-state index >= 15 is 0 Å². The van der Waals surface area contributed by atoms with Crippen LogP contribution in [0, 0.1) is 5.82 Å². The van der Waals surface area contributed by atoms with Crippen molar-refractivity contribution in [3.05, 3.63) is 52.2 Å². The fraction of sp³-hybridized carbons (Fsp3) is 0.400. The van der Waals surface area contributed by atoms with E-state index in [0.717, 1.165) is 19.3 Å². The number of Topliss-reactive ketones (excluding diaryl/α,β-unsaturated/α-hetero) is 2. The molecule has 27 heavy (non-hydrogen) atoms. The average Bonchev–Trinajstić information content (AvgIpc) is 3.14. The number of unbranched alkanes of at least 4 members (excludes halogenated alkanes) is 2. The highest BCUT2D eigenvalue weighted by molar-refractivity contribution is 7.11. The number of nitrogens with zero attached hydrogens (tertiary/aromatic N) is 1. The number of hydrogen-bond acceptors (Lipinski definition) is 5. The van der Waals surface area contributed by atoms with E-state index in [1.165, 1.54) is 29.7 Å². The van der Waals surface area contributed by atoms with Crippen LogP contribution in [0.25, 0.3) is 0 Å². The van der Waals surface area contributed by atoms with Crippen molar-refractivity contribution in [2.24, 2.45) is 0 Å². The summed E-state index contributed by atoms with van der Waals surface area (Å²) in [4.78, 5) is 40.3. The summed E-state index contributed by atoms with van der Waals surface area (Å²) in [6.07, 6.45) is 4.81. The molecular formula is C20H23FN2O3S. The van der Waals surface area contributed by atoms with E-state index < -0.39 is 11.9 Å². The van der Waals surface area contributed by atoms with Gasteiger partial charge in [0, 0.05) is 12.8 Å². The number of halogens is 1. The molecule has 0 bridgehead atoms. The van der Waals surface area contributed by atoms with Gasteiger partial charge in [0.15, 0.2) is 5.78 Å². The predicted octanol–water partition coefficient (Wildman–Crippen LogP) is 3.73. The molecule has 0 spiro atoms. The Morgan fingerprint density at radius 1 is 1.22 bits per heavy atom. The number of benzene rings is 1. The minimum Gasteiger partial charge on any atom is -0.341 e. The van der Waals surface area contributed by atoms with Crippen LogP contribution in [0.1, 0.15) is 54.3 Å². The third-order valence-corrected chi connectivity index (χ3v) is 4.91. The van der Waals surface area contributed by atoms with E-state index in [1.807, 2.05) is 0 Å². The number of amides is 1. The van der Waals surface area contributed by atoms with Crippen LogP contribution in [0.4, 0.5) is 4.39 Å². The van der Waals surface area contributed by atoms with Crippen molar-refractivity contribution in [1.29, 1.82) is 0 Å². The van der Waals surface area contributed by atoms with Crippen LogP contribution in [-0.2, 0) is 16.0 Å². The summed E-state index contributed by atoms with van der Waals surface area (Å²) < 4.78 is 13.4. The van der Waals surface area contributed by atoms with Crippen LogP contribution < -0.4 is 5.32 Å². The Morgan fingerprint density at radius 3 is 2.70 bits per heavy atom. The molecule has 1 N–H and O–H groups in total. The zero-order chi connectivity index (χ0) is 19.6. The van der Waals surface area contributed by atoms with Gasteiger partial charge in [0.05, 0.1) is 17.7 Å². The maximum atomic E-state index is 13.4. The Labute approximate surface area is 162 Å². The lowest BCUT2D eigenvalue weighted by atomic mass is 9.98. The molecule has 2 aromatic rings. The second kappa shape index (κ2) is 10.7. The summed E-state index contributed by atoms with van der Waals surface area (Å²) in [5.41, 5.74) is 2.13. The second-order valence-electron chi connectivity index (χ2n) is 6.47. The Balaban J connectivity index is 1.97. The Morgan fingerprint density at radius 2 is 2.04 bits per heavy atom. The van der Waals surface area contributed by atoms with Crippen molar-refractivity contribution >= 4 is 28.8 Å². The van der Waals surface area contributed by atoms with E-state index in [1.54, 1.807) is 24.6 Å². The van der Waals surface area contributed by atoms with Gasteiger partial charge in [-0.25, -0.2) is 4.39 Å². The molecule has 144 valence electrons. The molecule has 1 amide bonds. The molecule has 0 aliphatic heterocycles. The molecule has 1 aromatic heterocycles. The van der Waals surface area contributed by atoms with E-state index in [4.69, 9.17) is 0 Å². The topological polar surface area (TPSA) is 76.1 Å². The quantitative estimate of drug-likeness (QED) is 0.593. The Bertz CT molecular complexity index is 777. The monoisotopic (exact) mass is 390 g/mol. The molecule has 0 fully saturated rings. The summed E-state index contributed by atoms with van der Waals surface area (Å²) in [5.74, 6) is -0.745. The highest BCUT2D eigenvalue weighted by atomic mass is 32.1. The fourth-order valence-corrected chi connectivity index (χ4v) is 3.26. The van der Waals surface area contributed by atoms with Crippen LogP contribution >= 0.6 is 11.3 Å². The molecule has 0 saturated carbocycles. The van der Waals surface area contributed by atoms with Gasteiger partial charge in [0.1, 0.15) is 16.5 Å². The van der Waals surface area contributed by atoms with Gasteiger partial charge in [-0.3, -0.25) is 14.6 Å². The predicted molar refractivity (Wildman–Crippen MR) is 102 cm³/mol. The van der Waals surface area contributed by atoms with Gasteiger partial charge in [0.25, 0.3) is 5.91 Å². The lowest BCUT2D eigenvalue weighted by Crippen LogP contribution is -2.41. The first-order chi connectivity index (χ1) is 13.0. The first kappa shape index (κ1) is 20.9. The van der Waals surface area contributed by atoms with Crippen LogP contribution in [0.5, 0.6) is 0 Å². The van der Waals surface area contributed by atoms with Crippen LogP contribution in [0.15, 0.2) is 36.0 Å². The first-order valence-electron chi connectivity index (χ1n) is 8.91. The number of carbonyl (C=O) groups excluding carboxylic acids is 3. The maximum Gasteiger partial charge on any atom is 0.263 e. The van der Waals surface area contributed by atoms with E-state index in [9.17, 15) is 18.8 Å². The van der Waals surface area contributed by atoms with Crippen LogP contribution in [-0.4, -0.2) is 28.5 Å². The molecule has 0 aliphatic rings. The van der Waals surface area contributed by atoms with Gasteiger partial charge in [0.2, 0.25) is 0 Å². The van der Waals surface area contributed by atoms with Gasteiger partial charge in [-0.15, -0.1) is 11.3 Å². The second-order valence-corrected chi connectivity index (χ2v) is 7.35. The van der Waals surface area contributed by atoms with Crippen molar-refractivity contribution in [3.8, 4) is 0 Å². The molecule has 0 saturated heterocycles. The first-order valence-corrected chi connectivity index (χ1v) is 9.79. The molecule has 5 nitrogen and oxygen atoms in total. The van der Waals surface area contributed by atoms with Crippen molar-refractivity contribution in [1.82, 2.24) is 10.3 Å². The molecule has 1 heterocycles. The van der Waals surface area contributed by atoms with Crippen molar-refractivity contribution in [2.45, 2.75) is 51.5 Å². The van der Waals surface area contributed by atoms with Gasteiger partial charge >= 0.3 is 0 Å². The van der Waals surface area contributed by atoms with Gasteiger partial charge in [-0.05, 0) is 37.5 Å². The SMILES string of the molecule is CC(=O)CCCCC[C@H](NC(=O)c1cncs1)C(=O)Cc1cccc(F)c1. The number of aromatic nitrogens is 1. The largest absolute Gasteiger partial charge is 0.341 e. The summed E-state index contributed by atoms with van der Waals surface area (Å²) in [7, 11) is 0. The molecule has 1 aromatic carbocycles. The van der Waals surface area contributed by atoms with Crippen LogP contribution in [0.3, 0.4) is 0 Å². The van der Waals surface area contributed by atoms with Crippen molar-refractivity contribution in [2.75, 3.05) is 0 Å². The molecule has 0 aliphatic carbocycles. The number of ketones is 2. The van der Waals surface area contributed by atoms with Crippen molar-refractivity contribution < 1.29 is 18.8 Å². The zero-order valence-electron chi connectivity index (χ0n) is 15.2. The minimum atomic E-state index is -0.653. The average molecular weight is 390 g/mol. The zero-order valence-corrected chi connectivity index (χ0v) is 16.1. The number of carbonyl (C=O) groups is 3. The van der Waals surface area contributed by atoms with Gasteiger partial charge in [-0.1, -0.05) is 25.0 Å². The van der Waals surface area contributed by atoms with Crippen LogP contribution in [0.2, 0.25) is 0 Å². The maximum absolute atomic E-state index is 13.4. The van der Waals surface area contributed by atoms with Crippen molar-refractivity contribution in [3.63, 3.8) is 0 Å². The fourth-order valence-electron chi connectivity index (χ4n) is 2.74. The molecule has 0 unspecified atom stereocenters. The standard InChI is InChI=1S/C20H23FN2O3S/c1-14(24)6-3-2-4-9-17(23-20(26)19-12-22-13-27-19)18(25)11-15-7-5-8-16(21)10-15/h5,7-8,10,12-13,17H,2-4,6,9,11H2,1H3,(H,23,26)/t17-/m0/s1. The van der Waals surface area contributed by atoms with E-state index in [-0.39, 0.29) is 23.9 Å². The Hall–Kier alpha value is -2.41.